The maximum atomic E-state index is 17.3. The zero-order valence-electron chi connectivity index (χ0n) is 30.5. The molecule has 5 heterocycles. The average Bonchev–Trinajstić information content (AvgIpc) is 3.59. The number of terminal acetylenes is 1. The van der Waals surface area contributed by atoms with Crippen molar-refractivity contribution < 1.29 is 33.2 Å². The molecule has 3 aliphatic heterocycles. The van der Waals surface area contributed by atoms with Gasteiger partial charge >= 0.3 is 6.01 Å². The summed E-state index contributed by atoms with van der Waals surface area (Å²) in [7, 11) is 1.42. The molecule has 3 unspecified atom stereocenters. The molecule has 1 saturated carbocycles. The molecular formula is C41H47F2N5O5. The first-order valence-electron chi connectivity index (χ1n) is 18.9. The van der Waals surface area contributed by atoms with E-state index in [2.05, 4.69) is 15.8 Å². The number of pyridine rings is 1. The van der Waals surface area contributed by atoms with Crippen LogP contribution in [0, 0.1) is 35.3 Å². The number of halogens is 2. The van der Waals surface area contributed by atoms with Gasteiger partial charge in [-0.15, -0.1) is 6.42 Å². The van der Waals surface area contributed by atoms with Crippen LogP contribution in [-0.2, 0) is 4.74 Å². The van der Waals surface area contributed by atoms with E-state index in [0.29, 0.717) is 49.2 Å². The molecule has 2 aromatic carbocycles. The van der Waals surface area contributed by atoms with Gasteiger partial charge in [-0.3, -0.25) is 4.90 Å². The number of ether oxygens (including phenoxy) is 3. The van der Waals surface area contributed by atoms with Crippen molar-refractivity contribution in [3.05, 3.63) is 41.5 Å². The number of rotatable bonds is 8. The van der Waals surface area contributed by atoms with E-state index < -0.39 is 17.2 Å². The van der Waals surface area contributed by atoms with E-state index in [1.807, 2.05) is 4.90 Å². The predicted molar refractivity (Wildman–Crippen MR) is 198 cm³/mol. The normalized spacial score (nSPS) is 25.4. The Labute approximate surface area is 308 Å². The Bertz CT molecular complexity index is 2080. The van der Waals surface area contributed by atoms with Crippen LogP contribution in [0.3, 0.4) is 0 Å². The first-order valence-corrected chi connectivity index (χ1v) is 18.9. The number of methoxy groups -OCH3 is 1. The van der Waals surface area contributed by atoms with E-state index in [1.54, 1.807) is 6.92 Å². The second-order valence-electron chi connectivity index (χ2n) is 15.7. The molecule has 2 aromatic heterocycles. The van der Waals surface area contributed by atoms with E-state index in [1.165, 1.54) is 31.4 Å². The van der Waals surface area contributed by atoms with Gasteiger partial charge in [-0.1, -0.05) is 18.4 Å². The van der Waals surface area contributed by atoms with Crippen LogP contribution < -0.4 is 14.4 Å². The van der Waals surface area contributed by atoms with E-state index in [0.717, 1.165) is 71.2 Å². The smallest absolute Gasteiger partial charge is 0.319 e. The van der Waals surface area contributed by atoms with Crippen molar-refractivity contribution in [3.8, 4) is 41.2 Å². The molecular weight excluding hydrogens is 680 g/mol. The van der Waals surface area contributed by atoms with Crippen LogP contribution in [0.1, 0.15) is 70.3 Å². The molecule has 4 aromatic rings. The number of hydrogen-bond donors (Lipinski definition) is 2. The van der Waals surface area contributed by atoms with Gasteiger partial charge in [0.15, 0.2) is 5.82 Å². The second-order valence-corrected chi connectivity index (χ2v) is 15.7. The summed E-state index contributed by atoms with van der Waals surface area (Å²) in [4.78, 5) is 18.8. The van der Waals surface area contributed by atoms with Gasteiger partial charge in [-0.2, -0.15) is 9.97 Å². The quantitative estimate of drug-likeness (QED) is 0.192. The number of aromatic hydroxyl groups is 1. The van der Waals surface area contributed by atoms with Crippen LogP contribution in [0.2, 0.25) is 0 Å². The number of aliphatic hydroxyl groups is 1. The number of anilines is 1. The summed E-state index contributed by atoms with van der Waals surface area (Å²) >= 11 is 0. The second kappa shape index (κ2) is 14.2. The number of aromatic nitrogens is 3. The van der Waals surface area contributed by atoms with Crippen LogP contribution in [0.15, 0.2) is 24.3 Å². The topological polar surface area (TPSA) is 113 Å². The van der Waals surface area contributed by atoms with E-state index in [4.69, 9.17) is 30.6 Å². The molecule has 53 heavy (non-hydrogen) atoms. The van der Waals surface area contributed by atoms with Crippen LogP contribution in [0.5, 0.6) is 17.6 Å². The molecule has 1 aliphatic carbocycles. The first-order chi connectivity index (χ1) is 25.6. The molecule has 3 saturated heterocycles. The Morgan fingerprint density at radius 2 is 1.81 bits per heavy atom. The van der Waals surface area contributed by atoms with Crippen molar-refractivity contribution in [3.63, 3.8) is 0 Å². The third kappa shape index (κ3) is 6.61. The highest BCUT2D eigenvalue weighted by Gasteiger charge is 2.49. The van der Waals surface area contributed by atoms with Crippen LogP contribution in [0.4, 0.5) is 14.6 Å². The Balaban J connectivity index is 1.24. The number of hydrogen-bond acceptors (Lipinski definition) is 10. The van der Waals surface area contributed by atoms with E-state index in [-0.39, 0.29) is 62.7 Å². The molecule has 0 spiro atoms. The largest absolute Gasteiger partial charge is 0.508 e. The van der Waals surface area contributed by atoms with Crippen molar-refractivity contribution in [2.24, 2.45) is 11.3 Å². The van der Waals surface area contributed by atoms with Crippen molar-refractivity contribution in [2.75, 3.05) is 58.0 Å². The first kappa shape index (κ1) is 35.7. The van der Waals surface area contributed by atoms with Gasteiger partial charge in [-0.25, -0.2) is 13.8 Å². The molecule has 2 N–H and O–H groups in total. The zero-order valence-corrected chi connectivity index (χ0v) is 30.5. The fourth-order valence-electron chi connectivity index (χ4n) is 9.58. The number of benzene rings is 2. The third-order valence-corrected chi connectivity index (χ3v) is 12.1. The van der Waals surface area contributed by atoms with Gasteiger partial charge in [0.25, 0.3) is 0 Å². The SMILES string of the molecule is C#Cc1c(F)ccc2cc(O)cc(-c3nc(OC)c4c(N5CCCC(C)(O)C5)nc(OCC56CCCC5N(CC5CCOCC5)CCC6)nc4c3F)c12. The summed E-state index contributed by atoms with van der Waals surface area (Å²) in [5.74, 6) is 1.75. The van der Waals surface area contributed by atoms with Crippen molar-refractivity contribution in [1.82, 2.24) is 19.9 Å². The number of phenols is 1. The lowest BCUT2D eigenvalue weighted by Crippen LogP contribution is -2.53. The van der Waals surface area contributed by atoms with E-state index >= 15 is 8.78 Å². The highest BCUT2D eigenvalue weighted by atomic mass is 19.1. The molecule has 0 amide bonds. The molecule has 0 radical (unpaired) electrons. The number of piperidine rings is 2. The summed E-state index contributed by atoms with van der Waals surface area (Å²) in [6.07, 6.45) is 14.6. The van der Waals surface area contributed by atoms with Crippen LogP contribution >= 0.6 is 0 Å². The molecule has 12 heteroatoms. The lowest BCUT2D eigenvalue weighted by molar-refractivity contribution is -0.0203. The van der Waals surface area contributed by atoms with E-state index in [9.17, 15) is 10.2 Å². The van der Waals surface area contributed by atoms with Crippen molar-refractivity contribution in [2.45, 2.75) is 76.4 Å². The van der Waals surface area contributed by atoms with Crippen molar-refractivity contribution >= 4 is 27.5 Å². The summed E-state index contributed by atoms with van der Waals surface area (Å²) in [5, 5.41) is 22.7. The summed E-state index contributed by atoms with van der Waals surface area (Å²) in [6, 6.07) is 5.85. The molecule has 0 bridgehead atoms. The molecule has 8 rings (SSSR count). The number of β-amino-alcohol motifs (C(OH)–C–C–N with tert-alkyl or cyclic N) is 1. The molecule has 4 aliphatic rings. The summed E-state index contributed by atoms with van der Waals surface area (Å²) in [5.41, 5.74) is -1.39. The highest BCUT2D eigenvalue weighted by Crippen LogP contribution is 2.49. The van der Waals surface area contributed by atoms with Gasteiger partial charge in [-0.05, 0) is 94.3 Å². The fraction of sp³-hybridized carbons (Fsp3) is 0.537. The van der Waals surface area contributed by atoms with Crippen LogP contribution in [0.25, 0.3) is 32.9 Å². The van der Waals surface area contributed by atoms with Gasteiger partial charge in [0.1, 0.15) is 34.0 Å². The molecule has 280 valence electrons. The van der Waals surface area contributed by atoms with Gasteiger partial charge in [0.2, 0.25) is 5.88 Å². The maximum Gasteiger partial charge on any atom is 0.319 e. The van der Waals surface area contributed by atoms with Gasteiger partial charge in [0.05, 0.1) is 24.9 Å². The maximum absolute atomic E-state index is 17.3. The summed E-state index contributed by atoms with van der Waals surface area (Å²) < 4.78 is 50.3. The molecule has 10 nitrogen and oxygen atoms in total. The Morgan fingerprint density at radius 1 is 1.02 bits per heavy atom. The molecule has 3 atom stereocenters. The lowest BCUT2D eigenvalue weighted by atomic mass is 9.75. The fourth-order valence-corrected chi connectivity index (χ4v) is 9.58. The number of likely N-dealkylation sites (tertiary alicyclic amines) is 1. The monoisotopic (exact) mass is 727 g/mol. The summed E-state index contributed by atoms with van der Waals surface area (Å²) in [6.45, 7) is 6.77. The van der Waals surface area contributed by atoms with Gasteiger partial charge < -0.3 is 29.3 Å². The Kier molecular flexibility index (Phi) is 9.54. The minimum absolute atomic E-state index is 0.0218. The number of phenolic OH excluding ortho intramolecular Hbond substituents is 1. The lowest BCUT2D eigenvalue weighted by Gasteiger charge is -2.47. The molecule has 4 fully saturated rings. The zero-order chi connectivity index (χ0) is 36.9. The Morgan fingerprint density at radius 3 is 2.58 bits per heavy atom. The third-order valence-electron chi connectivity index (χ3n) is 12.1. The van der Waals surface area contributed by atoms with Crippen molar-refractivity contribution in [1.29, 1.82) is 0 Å². The van der Waals surface area contributed by atoms with Gasteiger partial charge in [0, 0.05) is 55.3 Å². The highest BCUT2D eigenvalue weighted by molar-refractivity contribution is 6.04. The minimum atomic E-state index is -1.00. The predicted octanol–water partition coefficient (Wildman–Crippen LogP) is 6.61. The number of fused-ring (bicyclic) bond motifs is 3. The number of nitrogens with zero attached hydrogens (tertiary/aromatic N) is 5. The van der Waals surface area contributed by atoms with Crippen LogP contribution in [-0.4, -0.2) is 94.8 Å². The Hall–Kier alpha value is -4.31. The standard InChI is InChI=1S/C41H47F2N5O5/c1-4-28-30(42)10-9-26-20-27(49)21-29(32(26)28)35-34(43)36-33(38(44-35)51-3)37(48-17-6-13-40(2,50)23-48)46-39(45-36)53-24-41-14-5-8-31(41)47(16-7-15-41)22-25-11-18-52-19-12-25/h1,9-10,20-21,25,31,49-50H,5-8,11-19,22-24H2,2-3H3. The average molecular weight is 728 g/mol. The minimum Gasteiger partial charge on any atom is -0.508 e.